The fourth-order valence-corrected chi connectivity index (χ4v) is 2.11. The fourth-order valence-electron chi connectivity index (χ4n) is 2.11. The van der Waals surface area contributed by atoms with Crippen LogP contribution >= 0.6 is 0 Å². The van der Waals surface area contributed by atoms with E-state index < -0.39 is 0 Å². The second kappa shape index (κ2) is 7.92. The molecule has 0 radical (unpaired) electrons. The lowest BCUT2D eigenvalue weighted by Crippen LogP contribution is -2.16. The van der Waals surface area contributed by atoms with Crippen molar-refractivity contribution in [2.45, 2.75) is 71.3 Å². The molecule has 1 atom stereocenters. The largest absolute Gasteiger partial charge is 0.374 e. The van der Waals surface area contributed by atoms with E-state index >= 15 is 0 Å². The number of hydrogen-bond donors (Lipinski definition) is 0. The van der Waals surface area contributed by atoms with Crippen LogP contribution in [0.2, 0.25) is 0 Å². The molecule has 1 aliphatic rings. The molecule has 0 aliphatic carbocycles. The molecule has 0 spiro atoms. The van der Waals surface area contributed by atoms with Crippen LogP contribution in [0.15, 0.2) is 11.6 Å². The summed E-state index contributed by atoms with van der Waals surface area (Å²) >= 11 is 0. The smallest absolute Gasteiger partial charge is 0.0758 e. The zero-order chi connectivity index (χ0) is 10.9. The third kappa shape index (κ3) is 5.99. The molecule has 88 valence electrons. The highest BCUT2D eigenvalue weighted by atomic mass is 16.5. The minimum atomic E-state index is 0.421. The molecule has 0 aromatic carbocycles. The summed E-state index contributed by atoms with van der Waals surface area (Å²) in [6.07, 6.45) is 13.4. The zero-order valence-electron chi connectivity index (χ0n) is 10.4. The molecule has 0 bridgehead atoms. The second-order valence-electron chi connectivity index (χ2n) is 4.73. The Kier molecular flexibility index (Phi) is 6.74. The Bertz CT molecular complexity index is 184. The van der Waals surface area contributed by atoms with Crippen molar-refractivity contribution in [3.8, 4) is 0 Å². The average molecular weight is 210 g/mol. The molecule has 0 saturated carbocycles. The predicted octanol–water partition coefficient (Wildman–Crippen LogP) is 4.47. The standard InChI is InChI=1S/C14H26O/c1-3-4-5-6-7-8-9-14-12-13(2)10-11-15-14/h12,14H,3-11H2,1-2H3. The quantitative estimate of drug-likeness (QED) is 0.445. The van der Waals surface area contributed by atoms with Crippen LogP contribution in [0.3, 0.4) is 0 Å². The van der Waals surface area contributed by atoms with Crippen LogP contribution in [0.5, 0.6) is 0 Å². The molecule has 1 nitrogen and oxygen atoms in total. The Balaban J connectivity index is 1.97. The molecule has 0 aromatic rings. The normalized spacial score (nSPS) is 21.5. The summed E-state index contributed by atoms with van der Waals surface area (Å²) in [5.74, 6) is 0. The molecular formula is C14H26O. The number of rotatable bonds is 7. The summed E-state index contributed by atoms with van der Waals surface area (Å²) in [4.78, 5) is 0. The van der Waals surface area contributed by atoms with Gasteiger partial charge < -0.3 is 4.74 Å². The topological polar surface area (TPSA) is 9.23 Å². The van der Waals surface area contributed by atoms with E-state index in [9.17, 15) is 0 Å². The fraction of sp³-hybridized carbons (Fsp3) is 0.857. The Morgan fingerprint density at radius 2 is 1.93 bits per heavy atom. The highest BCUT2D eigenvalue weighted by Crippen LogP contribution is 2.17. The van der Waals surface area contributed by atoms with Crippen molar-refractivity contribution in [1.29, 1.82) is 0 Å². The monoisotopic (exact) mass is 210 g/mol. The highest BCUT2D eigenvalue weighted by Gasteiger charge is 2.10. The van der Waals surface area contributed by atoms with Crippen LogP contribution in [0.1, 0.15) is 65.2 Å². The summed E-state index contributed by atoms with van der Waals surface area (Å²) in [6, 6.07) is 0. The van der Waals surface area contributed by atoms with Gasteiger partial charge in [0.2, 0.25) is 0 Å². The van der Waals surface area contributed by atoms with E-state index in [-0.39, 0.29) is 0 Å². The Hall–Kier alpha value is -0.300. The van der Waals surface area contributed by atoms with Crippen molar-refractivity contribution in [1.82, 2.24) is 0 Å². The molecule has 0 fully saturated rings. The first-order chi connectivity index (χ1) is 7.33. The van der Waals surface area contributed by atoms with E-state index in [0.29, 0.717) is 6.10 Å². The molecule has 0 saturated heterocycles. The molecule has 1 heteroatoms. The van der Waals surface area contributed by atoms with Gasteiger partial charge in [0.1, 0.15) is 0 Å². The SMILES string of the molecule is CCCCCCCCC1C=C(C)CCO1. The van der Waals surface area contributed by atoms with Gasteiger partial charge in [0.05, 0.1) is 12.7 Å². The van der Waals surface area contributed by atoms with E-state index in [4.69, 9.17) is 4.74 Å². The molecule has 15 heavy (non-hydrogen) atoms. The van der Waals surface area contributed by atoms with Crippen molar-refractivity contribution in [3.63, 3.8) is 0 Å². The second-order valence-corrected chi connectivity index (χ2v) is 4.73. The van der Waals surface area contributed by atoms with Gasteiger partial charge in [-0.1, -0.05) is 57.1 Å². The average Bonchev–Trinajstić information content (AvgIpc) is 2.23. The predicted molar refractivity (Wildman–Crippen MR) is 66.1 cm³/mol. The van der Waals surface area contributed by atoms with Gasteiger partial charge in [0.25, 0.3) is 0 Å². The summed E-state index contributed by atoms with van der Waals surface area (Å²) in [5.41, 5.74) is 1.51. The molecule has 0 N–H and O–H groups in total. The lowest BCUT2D eigenvalue weighted by atomic mass is 10.0. The van der Waals surface area contributed by atoms with E-state index in [1.165, 1.54) is 50.5 Å². The molecule has 1 heterocycles. The zero-order valence-corrected chi connectivity index (χ0v) is 10.4. The lowest BCUT2D eigenvalue weighted by Gasteiger charge is -2.20. The van der Waals surface area contributed by atoms with Crippen LogP contribution in [-0.4, -0.2) is 12.7 Å². The van der Waals surface area contributed by atoms with Gasteiger partial charge >= 0.3 is 0 Å². The van der Waals surface area contributed by atoms with Crippen LogP contribution in [0.4, 0.5) is 0 Å². The van der Waals surface area contributed by atoms with Crippen LogP contribution in [0.25, 0.3) is 0 Å². The number of unbranched alkanes of at least 4 members (excludes halogenated alkanes) is 5. The van der Waals surface area contributed by atoms with Gasteiger partial charge in [-0.3, -0.25) is 0 Å². The van der Waals surface area contributed by atoms with Crippen molar-refractivity contribution in [3.05, 3.63) is 11.6 Å². The van der Waals surface area contributed by atoms with Crippen LogP contribution in [0, 0.1) is 0 Å². The molecule has 1 unspecified atom stereocenters. The highest BCUT2D eigenvalue weighted by molar-refractivity contribution is 5.04. The summed E-state index contributed by atoms with van der Waals surface area (Å²) in [7, 11) is 0. The molecule has 1 aliphatic heterocycles. The maximum atomic E-state index is 5.70. The Morgan fingerprint density at radius 1 is 1.20 bits per heavy atom. The number of hydrogen-bond acceptors (Lipinski definition) is 1. The van der Waals surface area contributed by atoms with Gasteiger partial charge in [-0.2, -0.15) is 0 Å². The first-order valence-corrected chi connectivity index (χ1v) is 6.62. The maximum absolute atomic E-state index is 5.70. The van der Waals surface area contributed by atoms with Crippen LogP contribution < -0.4 is 0 Å². The molecular weight excluding hydrogens is 184 g/mol. The third-order valence-electron chi connectivity index (χ3n) is 3.14. The Labute approximate surface area is 94.9 Å². The van der Waals surface area contributed by atoms with Gasteiger partial charge in [-0.25, -0.2) is 0 Å². The van der Waals surface area contributed by atoms with Gasteiger partial charge in [-0.15, -0.1) is 0 Å². The summed E-state index contributed by atoms with van der Waals surface area (Å²) in [6.45, 7) is 5.42. The number of ether oxygens (including phenoxy) is 1. The molecule has 1 rings (SSSR count). The van der Waals surface area contributed by atoms with E-state index in [0.717, 1.165) is 13.0 Å². The van der Waals surface area contributed by atoms with Crippen molar-refractivity contribution in [2.75, 3.05) is 6.61 Å². The van der Waals surface area contributed by atoms with Gasteiger partial charge in [0, 0.05) is 0 Å². The van der Waals surface area contributed by atoms with Crippen molar-refractivity contribution < 1.29 is 4.74 Å². The Morgan fingerprint density at radius 3 is 2.67 bits per heavy atom. The van der Waals surface area contributed by atoms with Gasteiger partial charge in [0.15, 0.2) is 0 Å². The van der Waals surface area contributed by atoms with Crippen molar-refractivity contribution >= 4 is 0 Å². The molecule has 0 amide bonds. The first kappa shape index (κ1) is 12.8. The van der Waals surface area contributed by atoms with E-state index in [1.54, 1.807) is 0 Å². The van der Waals surface area contributed by atoms with Gasteiger partial charge in [-0.05, 0) is 19.8 Å². The first-order valence-electron chi connectivity index (χ1n) is 6.62. The maximum Gasteiger partial charge on any atom is 0.0758 e. The minimum absolute atomic E-state index is 0.421. The molecule has 0 aromatic heterocycles. The summed E-state index contributed by atoms with van der Waals surface area (Å²) < 4.78 is 5.70. The third-order valence-corrected chi connectivity index (χ3v) is 3.14. The van der Waals surface area contributed by atoms with Crippen molar-refractivity contribution in [2.24, 2.45) is 0 Å². The summed E-state index contributed by atoms with van der Waals surface area (Å²) in [5, 5.41) is 0. The minimum Gasteiger partial charge on any atom is -0.374 e. The van der Waals surface area contributed by atoms with Crippen LogP contribution in [-0.2, 0) is 4.74 Å². The van der Waals surface area contributed by atoms with E-state index in [2.05, 4.69) is 19.9 Å². The lowest BCUT2D eigenvalue weighted by molar-refractivity contribution is 0.0695. The van der Waals surface area contributed by atoms with E-state index in [1.807, 2.05) is 0 Å².